The molecule has 0 aliphatic heterocycles. The molecule has 0 atom stereocenters. The maximum absolute atomic E-state index is 6.50. The molecule has 83 valence electrons. The molecule has 0 heterocycles. The Kier molecular flexibility index (Phi) is 4.90. The van der Waals surface area contributed by atoms with Crippen molar-refractivity contribution in [2.24, 2.45) is 5.73 Å². The Morgan fingerprint density at radius 3 is 1.93 bits per heavy atom. The average Bonchev–Trinajstić information content (AvgIpc) is 2.19. The summed E-state index contributed by atoms with van der Waals surface area (Å²) in [5, 5.41) is 0. The van der Waals surface area contributed by atoms with Crippen LogP contribution in [0.2, 0.25) is 0 Å². The minimum atomic E-state index is 0.0320. The van der Waals surface area contributed by atoms with Gasteiger partial charge in [0.25, 0.3) is 0 Å². The Bertz CT molecular complexity index is 144. The van der Waals surface area contributed by atoms with E-state index in [1.54, 1.807) is 0 Å². The molecule has 1 aliphatic carbocycles. The molecule has 0 bridgehead atoms. The molecule has 0 amide bonds. The highest BCUT2D eigenvalue weighted by atomic mass is 15.3. The quantitative estimate of drug-likeness (QED) is 0.534. The molecule has 0 unspecified atom stereocenters. The average molecular weight is 198 g/mol. The Morgan fingerprint density at radius 2 is 1.50 bits per heavy atom. The minimum absolute atomic E-state index is 0.0320. The second-order valence-electron chi connectivity index (χ2n) is 4.65. The highest BCUT2D eigenvalue weighted by Gasteiger charge is 2.41. The summed E-state index contributed by atoms with van der Waals surface area (Å²) >= 11 is 0. The van der Waals surface area contributed by atoms with Crippen molar-refractivity contribution in [2.75, 3.05) is 13.1 Å². The summed E-state index contributed by atoms with van der Waals surface area (Å²) in [4.78, 5) is 2.52. The normalized spacial score (nSPS) is 21.4. The lowest BCUT2D eigenvalue weighted by Crippen LogP contribution is -2.61. The standard InChI is InChI=1S/C12H26N2/c1-3-10-14(11-4-2)12(13)8-6-5-7-9-12/h3-11,13H2,1-2H3/q+1. The van der Waals surface area contributed by atoms with Crippen molar-refractivity contribution < 1.29 is 0 Å². The first-order chi connectivity index (χ1) is 6.73. The summed E-state index contributed by atoms with van der Waals surface area (Å²) in [7, 11) is 0. The van der Waals surface area contributed by atoms with Crippen molar-refractivity contribution in [1.82, 2.24) is 4.90 Å². The van der Waals surface area contributed by atoms with Crippen molar-refractivity contribution in [3.05, 3.63) is 0 Å². The largest absolute Gasteiger partial charge is 0.275 e. The molecule has 1 saturated carbocycles. The summed E-state index contributed by atoms with van der Waals surface area (Å²) in [5.41, 5.74) is 6.53. The number of hydrogen-bond acceptors (Lipinski definition) is 2. The predicted molar refractivity (Wildman–Crippen MR) is 62.5 cm³/mol. The maximum Gasteiger partial charge on any atom is 0.193 e. The van der Waals surface area contributed by atoms with E-state index in [0.717, 1.165) is 0 Å². The lowest BCUT2D eigenvalue weighted by molar-refractivity contribution is 0.137. The molecule has 2 N–H and O–H groups in total. The van der Waals surface area contributed by atoms with Crippen LogP contribution in [0.25, 0.3) is 0 Å². The third kappa shape index (κ3) is 2.96. The van der Waals surface area contributed by atoms with Crippen LogP contribution in [0.1, 0.15) is 58.8 Å². The highest BCUT2D eigenvalue weighted by Crippen LogP contribution is 2.27. The summed E-state index contributed by atoms with van der Waals surface area (Å²) in [5.74, 6) is 0. The molecule has 1 radical (unpaired) electrons. The topological polar surface area (TPSA) is 31.9 Å². The Morgan fingerprint density at radius 1 is 1.00 bits per heavy atom. The summed E-state index contributed by atoms with van der Waals surface area (Å²) in [6.07, 6.45) is 8.86. The van der Waals surface area contributed by atoms with Gasteiger partial charge in [-0.3, -0.25) is 5.73 Å². The summed E-state index contributed by atoms with van der Waals surface area (Å²) in [6, 6.07) is 0. The molecular weight excluding hydrogens is 172 g/mol. The zero-order valence-electron chi connectivity index (χ0n) is 9.89. The SMILES string of the molecule is CCC[N+](CCC)C1(N)CCCCC1. The fraction of sp³-hybridized carbons (Fsp3) is 1.00. The zero-order valence-corrected chi connectivity index (χ0v) is 9.89. The second kappa shape index (κ2) is 5.72. The Balaban J connectivity index is 2.53. The summed E-state index contributed by atoms with van der Waals surface area (Å²) < 4.78 is 0. The van der Waals surface area contributed by atoms with Crippen LogP contribution in [0, 0.1) is 0 Å². The predicted octanol–water partition coefficient (Wildman–Crippen LogP) is 2.57. The number of rotatable bonds is 5. The van der Waals surface area contributed by atoms with Gasteiger partial charge >= 0.3 is 0 Å². The molecule has 2 heteroatoms. The second-order valence-corrected chi connectivity index (χ2v) is 4.65. The first kappa shape index (κ1) is 12.0. The first-order valence-electron chi connectivity index (χ1n) is 6.27. The van der Waals surface area contributed by atoms with Gasteiger partial charge in [-0.1, -0.05) is 20.3 Å². The molecule has 0 aromatic rings. The van der Waals surface area contributed by atoms with E-state index >= 15 is 0 Å². The molecule has 0 aromatic heterocycles. The van der Waals surface area contributed by atoms with Crippen LogP contribution in [0.15, 0.2) is 0 Å². The molecule has 0 saturated heterocycles. The number of hydrogen-bond donors (Lipinski definition) is 1. The van der Waals surface area contributed by atoms with Crippen LogP contribution in [-0.4, -0.2) is 18.8 Å². The van der Waals surface area contributed by atoms with Gasteiger partial charge in [0.05, 0.1) is 0 Å². The van der Waals surface area contributed by atoms with E-state index in [0.29, 0.717) is 0 Å². The maximum atomic E-state index is 6.50. The lowest BCUT2D eigenvalue weighted by Gasteiger charge is -2.34. The third-order valence-electron chi connectivity index (χ3n) is 3.34. The van der Waals surface area contributed by atoms with Crippen LogP contribution >= 0.6 is 0 Å². The van der Waals surface area contributed by atoms with Gasteiger partial charge in [-0.2, -0.15) is 4.90 Å². The smallest absolute Gasteiger partial charge is 0.193 e. The third-order valence-corrected chi connectivity index (χ3v) is 3.34. The number of nitrogens with two attached hydrogens (primary N) is 1. The van der Waals surface area contributed by atoms with E-state index in [1.807, 2.05) is 0 Å². The highest BCUT2D eigenvalue weighted by molar-refractivity contribution is 4.91. The first-order valence-corrected chi connectivity index (χ1v) is 6.27. The molecule has 0 spiro atoms. The van der Waals surface area contributed by atoms with Gasteiger partial charge in [-0.15, -0.1) is 0 Å². The molecular formula is C12H26N2+. The van der Waals surface area contributed by atoms with Gasteiger partial charge in [-0.25, -0.2) is 0 Å². The fourth-order valence-electron chi connectivity index (χ4n) is 2.58. The van der Waals surface area contributed by atoms with Crippen molar-refractivity contribution >= 4 is 0 Å². The van der Waals surface area contributed by atoms with Crippen LogP contribution < -0.4 is 10.6 Å². The van der Waals surface area contributed by atoms with Gasteiger partial charge in [0.2, 0.25) is 0 Å². The van der Waals surface area contributed by atoms with Gasteiger partial charge in [0.1, 0.15) is 13.1 Å². The van der Waals surface area contributed by atoms with Crippen molar-refractivity contribution in [1.29, 1.82) is 0 Å². The molecule has 1 rings (SSSR count). The van der Waals surface area contributed by atoms with E-state index in [4.69, 9.17) is 5.73 Å². The van der Waals surface area contributed by atoms with E-state index in [2.05, 4.69) is 18.7 Å². The van der Waals surface area contributed by atoms with Crippen LogP contribution in [0.5, 0.6) is 0 Å². The van der Waals surface area contributed by atoms with E-state index in [-0.39, 0.29) is 5.66 Å². The van der Waals surface area contributed by atoms with Crippen molar-refractivity contribution in [3.63, 3.8) is 0 Å². The van der Waals surface area contributed by atoms with Crippen molar-refractivity contribution in [3.8, 4) is 0 Å². The van der Waals surface area contributed by atoms with Crippen molar-refractivity contribution in [2.45, 2.75) is 64.5 Å². The van der Waals surface area contributed by atoms with E-state index in [9.17, 15) is 0 Å². The summed E-state index contributed by atoms with van der Waals surface area (Å²) in [6.45, 7) is 6.83. The van der Waals surface area contributed by atoms with Gasteiger partial charge < -0.3 is 0 Å². The lowest BCUT2D eigenvalue weighted by atomic mass is 9.88. The fourth-order valence-corrected chi connectivity index (χ4v) is 2.58. The molecule has 14 heavy (non-hydrogen) atoms. The van der Waals surface area contributed by atoms with E-state index < -0.39 is 0 Å². The monoisotopic (exact) mass is 198 g/mol. The Hall–Kier alpha value is -0.0800. The van der Waals surface area contributed by atoms with Gasteiger partial charge in [0.15, 0.2) is 5.66 Å². The molecule has 0 aromatic carbocycles. The molecule has 2 nitrogen and oxygen atoms in total. The van der Waals surface area contributed by atoms with Crippen LogP contribution in [0.3, 0.4) is 0 Å². The van der Waals surface area contributed by atoms with Gasteiger partial charge in [-0.05, 0) is 25.7 Å². The minimum Gasteiger partial charge on any atom is -0.275 e. The molecule has 1 aliphatic rings. The van der Waals surface area contributed by atoms with Crippen LogP contribution in [0.4, 0.5) is 0 Å². The van der Waals surface area contributed by atoms with Gasteiger partial charge in [0, 0.05) is 12.8 Å². The number of nitrogens with zero attached hydrogens (tertiary/aromatic N) is 1. The Labute approximate surface area is 88.8 Å². The molecule has 1 fully saturated rings. The zero-order chi connectivity index (χ0) is 10.4. The van der Waals surface area contributed by atoms with E-state index in [1.165, 1.54) is 58.0 Å². The van der Waals surface area contributed by atoms with Crippen LogP contribution in [-0.2, 0) is 0 Å².